The Bertz CT molecular complexity index is 832. The van der Waals surface area contributed by atoms with Gasteiger partial charge in [0.15, 0.2) is 5.78 Å². The Hall–Kier alpha value is -1.93. The highest BCUT2D eigenvalue weighted by atomic mass is 28.3. The van der Waals surface area contributed by atoms with Crippen LogP contribution in [0.2, 0.25) is 22.7 Å². The van der Waals surface area contributed by atoms with Crippen LogP contribution in [-0.4, -0.2) is 13.9 Å². The number of carbonyl (C=O) groups excluding carboxylic acids is 1. The van der Waals surface area contributed by atoms with Gasteiger partial charge in [-0.15, -0.1) is 0 Å². The van der Waals surface area contributed by atoms with Crippen molar-refractivity contribution in [2.24, 2.45) is 11.3 Å². The summed E-state index contributed by atoms with van der Waals surface area (Å²) in [6, 6.07) is 22.6. The summed E-state index contributed by atoms with van der Waals surface area (Å²) in [4.78, 5) is 13.9. The number of ketones is 1. The van der Waals surface area contributed by atoms with Gasteiger partial charge in [-0.25, -0.2) is 0 Å². The van der Waals surface area contributed by atoms with Crippen molar-refractivity contribution in [3.05, 3.63) is 83.9 Å². The molecule has 0 bridgehead atoms. The highest BCUT2D eigenvalue weighted by Gasteiger charge is 2.51. The van der Waals surface area contributed by atoms with Gasteiger partial charge in [-0.3, -0.25) is 4.79 Å². The molecule has 1 unspecified atom stereocenters. The van der Waals surface area contributed by atoms with Crippen molar-refractivity contribution in [3.8, 4) is 0 Å². The molecule has 0 aromatic heterocycles. The number of hydrogen-bond donors (Lipinski definition) is 0. The topological polar surface area (TPSA) is 17.1 Å². The van der Waals surface area contributed by atoms with E-state index in [2.05, 4.69) is 108 Å². The molecule has 0 saturated carbocycles. The highest BCUT2D eigenvalue weighted by Crippen LogP contribution is 2.53. The third kappa shape index (κ3) is 4.86. The van der Waals surface area contributed by atoms with Crippen molar-refractivity contribution in [3.63, 3.8) is 0 Å². The summed E-state index contributed by atoms with van der Waals surface area (Å²) in [6.07, 6.45) is 6.74. The summed E-state index contributed by atoms with van der Waals surface area (Å²) in [5.41, 5.74) is 4.30. The van der Waals surface area contributed by atoms with Gasteiger partial charge >= 0.3 is 0 Å². The summed E-state index contributed by atoms with van der Waals surface area (Å²) >= 11 is 0. The molecule has 2 aromatic carbocycles. The maximum absolute atomic E-state index is 13.9. The van der Waals surface area contributed by atoms with Crippen LogP contribution in [0.3, 0.4) is 0 Å². The third-order valence-corrected chi connectivity index (χ3v) is 16.2. The summed E-state index contributed by atoms with van der Waals surface area (Å²) in [5.74, 6) is 0.722. The van der Waals surface area contributed by atoms with Gasteiger partial charge in [0.1, 0.15) is 0 Å². The summed E-state index contributed by atoms with van der Waals surface area (Å²) in [6.45, 7) is 14.7. The molecule has 0 amide bonds. The third-order valence-electron chi connectivity index (χ3n) is 8.51. The molecule has 0 spiro atoms. The fourth-order valence-electron chi connectivity index (χ4n) is 6.79. The minimum Gasteiger partial charge on any atom is -0.294 e. The molecule has 1 nitrogen and oxygen atoms in total. The molecule has 172 valence electrons. The van der Waals surface area contributed by atoms with Crippen molar-refractivity contribution in [2.45, 2.75) is 83.5 Å². The van der Waals surface area contributed by atoms with E-state index >= 15 is 0 Å². The first-order valence-electron chi connectivity index (χ1n) is 12.5. The molecular weight excluding hydrogens is 404 g/mol. The minimum atomic E-state index is -1.65. The van der Waals surface area contributed by atoms with Gasteiger partial charge in [0, 0.05) is 5.41 Å². The van der Waals surface area contributed by atoms with E-state index in [0.717, 1.165) is 19.3 Å². The quantitative estimate of drug-likeness (QED) is 0.354. The highest BCUT2D eigenvalue weighted by molar-refractivity contribution is 6.83. The van der Waals surface area contributed by atoms with Crippen LogP contribution in [0.1, 0.15) is 59.1 Å². The molecule has 1 aliphatic rings. The zero-order valence-electron chi connectivity index (χ0n) is 21.0. The van der Waals surface area contributed by atoms with Gasteiger partial charge < -0.3 is 0 Å². The van der Waals surface area contributed by atoms with Crippen LogP contribution in [0.25, 0.3) is 0 Å². The maximum atomic E-state index is 13.9. The lowest BCUT2D eigenvalue weighted by Gasteiger charge is -2.50. The lowest BCUT2D eigenvalue weighted by Crippen LogP contribution is -2.52. The van der Waals surface area contributed by atoms with Gasteiger partial charge in [-0.05, 0) is 42.4 Å². The van der Waals surface area contributed by atoms with Gasteiger partial charge in [-0.2, -0.15) is 0 Å². The van der Waals surface area contributed by atoms with Gasteiger partial charge in [-0.1, -0.05) is 131 Å². The lowest BCUT2D eigenvalue weighted by atomic mass is 9.62. The second-order valence-electron chi connectivity index (χ2n) is 11.0. The Labute approximate surface area is 197 Å². The fourth-order valence-corrected chi connectivity index (χ4v) is 13.6. The zero-order valence-corrected chi connectivity index (χ0v) is 22.0. The molecule has 3 rings (SSSR count). The van der Waals surface area contributed by atoms with Crippen LogP contribution >= 0.6 is 0 Å². The number of allylic oxidation sites excluding steroid dienone is 2. The molecule has 1 aliphatic carbocycles. The molecule has 0 fully saturated rings. The molecule has 0 saturated heterocycles. The van der Waals surface area contributed by atoms with Gasteiger partial charge in [0.25, 0.3) is 0 Å². The Morgan fingerprint density at radius 2 is 1.22 bits per heavy atom. The molecule has 0 N–H and O–H groups in total. The first kappa shape index (κ1) is 24.7. The van der Waals surface area contributed by atoms with Crippen LogP contribution in [0.4, 0.5) is 0 Å². The molecule has 0 aliphatic heterocycles. The molecule has 32 heavy (non-hydrogen) atoms. The van der Waals surface area contributed by atoms with Crippen LogP contribution in [0.15, 0.2) is 72.8 Å². The predicted octanol–water partition coefficient (Wildman–Crippen LogP) is 8.28. The first-order valence-corrected chi connectivity index (χ1v) is 14.9. The number of benzene rings is 2. The summed E-state index contributed by atoms with van der Waals surface area (Å²) < 4.78 is 0. The van der Waals surface area contributed by atoms with E-state index in [1.807, 2.05) is 6.08 Å². The van der Waals surface area contributed by atoms with E-state index in [1.54, 1.807) is 0 Å². The van der Waals surface area contributed by atoms with E-state index in [-0.39, 0.29) is 5.41 Å². The number of carbonyl (C=O) groups is 1. The van der Waals surface area contributed by atoms with Crippen molar-refractivity contribution < 1.29 is 4.79 Å². The first-order chi connectivity index (χ1) is 15.2. The van der Waals surface area contributed by atoms with E-state index < -0.39 is 8.07 Å². The lowest BCUT2D eigenvalue weighted by molar-refractivity contribution is -0.127. The SMILES string of the molecule is CC(C)[Si](CC1CC=CC(=O)C1(Cc1ccccc1)Cc1ccccc1)(C(C)C)C(C)C. The molecule has 0 heterocycles. The van der Waals surface area contributed by atoms with Crippen LogP contribution in [-0.2, 0) is 17.6 Å². The predicted molar refractivity (Wildman–Crippen MR) is 141 cm³/mol. The normalized spacial score (nSPS) is 18.7. The smallest absolute Gasteiger partial charge is 0.162 e. The maximum Gasteiger partial charge on any atom is 0.162 e. The van der Waals surface area contributed by atoms with Crippen LogP contribution in [0, 0.1) is 11.3 Å². The van der Waals surface area contributed by atoms with E-state index in [1.165, 1.54) is 17.2 Å². The zero-order chi connectivity index (χ0) is 23.4. The second kappa shape index (κ2) is 10.3. The average molecular weight is 447 g/mol. The molecule has 2 aromatic rings. The number of hydrogen-bond acceptors (Lipinski definition) is 1. The van der Waals surface area contributed by atoms with Crippen LogP contribution in [0.5, 0.6) is 0 Å². The Kier molecular flexibility index (Phi) is 7.98. The van der Waals surface area contributed by atoms with E-state index in [0.29, 0.717) is 28.3 Å². The summed E-state index contributed by atoms with van der Waals surface area (Å²) in [5, 5.41) is 0. The number of rotatable bonds is 9. The van der Waals surface area contributed by atoms with Crippen molar-refractivity contribution >= 4 is 13.9 Å². The average Bonchev–Trinajstić information content (AvgIpc) is 2.75. The molecule has 0 radical (unpaired) electrons. The largest absolute Gasteiger partial charge is 0.294 e. The molecule has 1 atom stereocenters. The Morgan fingerprint density at radius 3 is 1.62 bits per heavy atom. The van der Waals surface area contributed by atoms with Crippen LogP contribution < -0.4 is 0 Å². The van der Waals surface area contributed by atoms with E-state index in [4.69, 9.17) is 0 Å². The fraction of sp³-hybridized carbons (Fsp3) is 0.500. The standard InChI is InChI=1S/C30H42OSi/c1-23(2)32(24(3)4,25(5)6)22-28-18-13-19-29(31)30(28,20-26-14-9-7-10-15-26)21-27-16-11-8-12-17-27/h7-17,19,23-25,28H,18,20-22H2,1-6H3. The Balaban J connectivity index is 2.12. The molecular formula is C30H42OSi. The minimum absolute atomic E-state index is 0.334. The van der Waals surface area contributed by atoms with Crippen molar-refractivity contribution in [1.29, 1.82) is 0 Å². The summed E-state index contributed by atoms with van der Waals surface area (Å²) in [7, 11) is -1.65. The van der Waals surface area contributed by atoms with E-state index in [9.17, 15) is 4.79 Å². The Morgan fingerprint density at radius 1 is 0.781 bits per heavy atom. The molecule has 2 heteroatoms. The van der Waals surface area contributed by atoms with Crippen molar-refractivity contribution in [2.75, 3.05) is 0 Å². The monoisotopic (exact) mass is 446 g/mol. The van der Waals surface area contributed by atoms with Gasteiger partial charge in [0.05, 0.1) is 8.07 Å². The van der Waals surface area contributed by atoms with Gasteiger partial charge in [0.2, 0.25) is 0 Å². The van der Waals surface area contributed by atoms with Crippen molar-refractivity contribution in [1.82, 2.24) is 0 Å². The second-order valence-corrected chi connectivity index (χ2v) is 17.1.